The molecule has 10 heteroatoms. The van der Waals surface area contributed by atoms with Crippen LogP contribution in [-0.4, -0.2) is 85.4 Å². The number of hydrogen-bond acceptors (Lipinski definition) is 7. The molecular weight excluding hydrogens is 508 g/mol. The van der Waals surface area contributed by atoms with Gasteiger partial charge in [0.2, 0.25) is 5.91 Å². The maximum atomic E-state index is 13.4. The van der Waals surface area contributed by atoms with E-state index in [-0.39, 0.29) is 24.5 Å². The normalized spacial score (nSPS) is 14.2. The summed E-state index contributed by atoms with van der Waals surface area (Å²) in [5.41, 5.74) is 2.52. The largest absolute Gasteiger partial charge is 0.497 e. The van der Waals surface area contributed by atoms with Crippen LogP contribution in [0.4, 0.5) is 10.6 Å². The Morgan fingerprint density at radius 1 is 0.975 bits per heavy atom. The number of amides is 3. The van der Waals surface area contributed by atoms with Gasteiger partial charge in [0, 0.05) is 44.4 Å². The number of carbonyl (C=O) groups is 2. The van der Waals surface area contributed by atoms with Gasteiger partial charge in [-0.1, -0.05) is 30.3 Å². The van der Waals surface area contributed by atoms with E-state index in [1.807, 2.05) is 79.4 Å². The number of methoxy groups -OCH3 is 2. The van der Waals surface area contributed by atoms with Crippen molar-refractivity contribution in [2.24, 2.45) is 0 Å². The number of carbonyl (C=O) groups excluding carboxylic acids is 2. The molecular formula is C30H38N6O4. The molecule has 0 spiro atoms. The Morgan fingerprint density at radius 3 is 2.45 bits per heavy atom. The van der Waals surface area contributed by atoms with Gasteiger partial charge in [-0.2, -0.15) is 0 Å². The van der Waals surface area contributed by atoms with Crippen molar-refractivity contribution in [2.75, 3.05) is 58.4 Å². The van der Waals surface area contributed by atoms with Crippen molar-refractivity contribution in [2.45, 2.75) is 26.3 Å². The fraction of sp³-hybridized carbons (Fsp3) is 0.400. The van der Waals surface area contributed by atoms with Crippen LogP contribution in [0.25, 0.3) is 11.3 Å². The van der Waals surface area contributed by atoms with Gasteiger partial charge in [-0.25, -0.2) is 4.79 Å². The summed E-state index contributed by atoms with van der Waals surface area (Å²) in [6.45, 7) is 6.87. The second kappa shape index (κ2) is 13.6. The molecule has 1 unspecified atom stereocenters. The molecule has 1 fully saturated rings. The molecule has 0 aliphatic carbocycles. The highest BCUT2D eigenvalue weighted by Gasteiger charge is 2.27. The Hall–Kier alpha value is -4.34. The van der Waals surface area contributed by atoms with Crippen LogP contribution in [0.5, 0.6) is 11.5 Å². The van der Waals surface area contributed by atoms with E-state index in [9.17, 15) is 9.59 Å². The lowest BCUT2D eigenvalue weighted by Crippen LogP contribution is -2.48. The van der Waals surface area contributed by atoms with Crippen LogP contribution in [0.15, 0.2) is 60.7 Å². The van der Waals surface area contributed by atoms with Crippen molar-refractivity contribution < 1.29 is 19.1 Å². The van der Waals surface area contributed by atoms with E-state index in [2.05, 4.69) is 20.4 Å². The first-order valence-corrected chi connectivity index (χ1v) is 13.6. The highest BCUT2D eigenvalue weighted by atomic mass is 16.5. The second-order valence-corrected chi connectivity index (χ2v) is 9.61. The van der Waals surface area contributed by atoms with E-state index < -0.39 is 0 Å². The quantitative estimate of drug-likeness (QED) is 0.433. The molecule has 212 valence electrons. The van der Waals surface area contributed by atoms with Gasteiger partial charge in [0.25, 0.3) is 0 Å². The van der Waals surface area contributed by atoms with Crippen molar-refractivity contribution in [3.05, 3.63) is 66.2 Å². The first-order chi connectivity index (χ1) is 19.4. The third-order valence-electron chi connectivity index (χ3n) is 7.15. The molecule has 40 heavy (non-hydrogen) atoms. The Labute approximate surface area is 235 Å². The molecule has 1 N–H and O–H groups in total. The molecule has 1 aliphatic rings. The van der Waals surface area contributed by atoms with Gasteiger partial charge in [-0.15, -0.1) is 10.2 Å². The van der Waals surface area contributed by atoms with Gasteiger partial charge < -0.3 is 29.5 Å². The van der Waals surface area contributed by atoms with E-state index in [1.165, 1.54) is 0 Å². The lowest BCUT2D eigenvalue weighted by atomic mass is 10.1. The fourth-order valence-electron chi connectivity index (χ4n) is 4.84. The molecule has 0 saturated carbocycles. The minimum absolute atomic E-state index is 0.0140. The third-order valence-corrected chi connectivity index (χ3v) is 7.15. The molecule has 10 nitrogen and oxygen atoms in total. The first kappa shape index (κ1) is 28.7. The Kier molecular flexibility index (Phi) is 9.77. The highest BCUT2D eigenvalue weighted by Crippen LogP contribution is 2.32. The predicted octanol–water partition coefficient (Wildman–Crippen LogP) is 3.99. The average Bonchev–Trinajstić information content (AvgIpc) is 3.26. The standard InChI is InChI=1S/C30H38N6O4/c1-5-31-30(38)36(22(2)23-10-7-6-8-11-23)21-29(37)35-17-9-16-34(18-19-35)28-15-14-26(32-33-28)25-13-12-24(39-3)20-27(25)40-4/h6-8,10-15,20,22H,5,9,16-19,21H2,1-4H3,(H,31,38). The number of aromatic nitrogens is 2. The van der Waals surface area contributed by atoms with Gasteiger partial charge in [-0.3, -0.25) is 4.79 Å². The molecule has 1 aliphatic heterocycles. The zero-order valence-electron chi connectivity index (χ0n) is 23.7. The summed E-state index contributed by atoms with van der Waals surface area (Å²) >= 11 is 0. The fourth-order valence-corrected chi connectivity index (χ4v) is 4.84. The summed E-state index contributed by atoms with van der Waals surface area (Å²) in [5, 5.41) is 11.8. The summed E-state index contributed by atoms with van der Waals surface area (Å²) < 4.78 is 10.8. The van der Waals surface area contributed by atoms with Crippen LogP contribution in [0.1, 0.15) is 31.9 Å². The molecule has 2 aromatic carbocycles. The number of nitrogens with one attached hydrogen (secondary N) is 1. The van der Waals surface area contributed by atoms with Crippen LogP contribution >= 0.6 is 0 Å². The smallest absolute Gasteiger partial charge is 0.318 e. The molecule has 1 aromatic heterocycles. The van der Waals surface area contributed by atoms with Gasteiger partial charge >= 0.3 is 6.03 Å². The Balaban J connectivity index is 1.41. The summed E-state index contributed by atoms with van der Waals surface area (Å²) in [7, 11) is 3.23. The van der Waals surface area contributed by atoms with Crippen LogP contribution in [0, 0.1) is 0 Å². The number of nitrogens with zero attached hydrogens (tertiary/aromatic N) is 5. The van der Waals surface area contributed by atoms with E-state index in [0.29, 0.717) is 43.4 Å². The third kappa shape index (κ3) is 6.80. The molecule has 0 bridgehead atoms. The van der Waals surface area contributed by atoms with E-state index in [4.69, 9.17) is 9.47 Å². The molecule has 3 aromatic rings. The van der Waals surface area contributed by atoms with Gasteiger partial charge in [0.05, 0.1) is 26.0 Å². The van der Waals surface area contributed by atoms with E-state index >= 15 is 0 Å². The highest BCUT2D eigenvalue weighted by molar-refractivity contribution is 5.84. The summed E-state index contributed by atoms with van der Waals surface area (Å²) in [6.07, 6.45) is 0.789. The summed E-state index contributed by atoms with van der Waals surface area (Å²) in [6, 6.07) is 18.7. The maximum Gasteiger partial charge on any atom is 0.318 e. The zero-order chi connectivity index (χ0) is 28.5. The average molecular weight is 547 g/mol. The minimum atomic E-state index is -0.243. The second-order valence-electron chi connectivity index (χ2n) is 9.61. The first-order valence-electron chi connectivity index (χ1n) is 13.6. The summed E-state index contributed by atoms with van der Waals surface area (Å²) in [4.78, 5) is 31.9. The lowest BCUT2D eigenvalue weighted by Gasteiger charge is -2.31. The molecule has 0 radical (unpaired) electrons. The minimum Gasteiger partial charge on any atom is -0.497 e. The number of hydrogen-bond donors (Lipinski definition) is 1. The SMILES string of the molecule is CCNC(=O)N(CC(=O)N1CCCN(c2ccc(-c3ccc(OC)cc3OC)nn2)CC1)C(C)c1ccccc1. The Morgan fingerprint density at radius 2 is 1.77 bits per heavy atom. The van der Waals surface area contributed by atoms with Crippen molar-refractivity contribution in [3.8, 4) is 22.8 Å². The number of anilines is 1. The molecule has 2 heterocycles. The van der Waals surface area contributed by atoms with Crippen molar-refractivity contribution in [1.82, 2.24) is 25.3 Å². The van der Waals surface area contributed by atoms with Crippen molar-refractivity contribution in [1.29, 1.82) is 0 Å². The predicted molar refractivity (Wildman–Crippen MR) is 155 cm³/mol. The Bertz CT molecular complexity index is 1270. The lowest BCUT2D eigenvalue weighted by molar-refractivity contribution is -0.132. The molecule has 3 amide bonds. The van der Waals surface area contributed by atoms with Crippen LogP contribution in [0.3, 0.4) is 0 Å². The van der Waals surface area contributed by atoms with Crippen molar-refractivity contribution in [3.63, 3.8) is 0 Å². The monoisotopic (exact) mass is 546 g/mol. The number of urea groups is 1. The van der Waals surface area contributed by atoms with E-state index in [0.717, 1.165) is 29.9 Å². The molecule has 1 atom stereocenters. The molecule has 1 saturated heterocycles. The topological polar surface area (TPSA) is 100 Å². The number of ether oxygens (including phenoxy) is 2. The van der Waals surface area contributed by atoms with Crippen LogP contribution in [0.2, 0.25) is 0 Å². The number of rotatable bonds is 9. The van der Waals surface area contributed by atoms with Gasteiger partial charge in [0.1, 0.15) is 18.0 Å². The summed E-state index contributed by atoms with van der Waals surface area (Å²) in [5.74, 6) is 2.06. The van der Waals surface area contributed by atoms with Gasteiger partial charge in [0.15, 0.2) is 5.82 Å². The van der Waals surface area contributed by atoms with E-state index in [1.54, 1.807) is 19.1 Å². The zero-order valence-corrected chi connectivity index (χ0v) is 23.7. The van der Waals surface area contributed by atoms with Gasteiger partial charge in [-0.05, 0) is 50.1 Å². The number of benzene rings is 2. The van der Waals surface area contributed by atoms with Crippen LogP contribution < -0.4 is 19.7 Å². The van der Waals surface area contributed by atoms with Crippen LogP contribution in [-0.2, 0) is 4.79 Å². The molecule has 4 rings (SSSR count). The maximum absolute atomic E-state index is 13.4. The van der Waals surface area contributed by atoms with Crippen molar-refractivity contribution >= 4 is 17.8 Å².